The monoisotopic (exact) mass is 490 g/mol. The number of hydrogen-bond acceptors (Lipinski definition) is 8. The van der Waals surface area contributed by atoms with Crippen molar-refractivity contribution in [3.05, 3.63) is 67.7 Å². The number of aliphatic hydroxyl groups is 1. The van der Waals surface area contributed by atoms with Gasteiger partial charge in [0, 0.05) is 42.8 Å². The van der Waals surface area contributed by atoms with E-state index in [2.05, 4.69) is 9.97 Å². The van der Waals surface area contributed by atoms with Crippen LogP contribution in [0.15, 0.2) is 24.3 Å². The second-order valence-electron chi connectivity index (χ2n) is 8.38. The summed E-state index contributed by atoms with van der Waals surface area (Å²) < 4.78 is 0. The Balaban J connectivity index is 1.56. The molecule has 4 aromatic rings. The molecule has 2 aliphatic heterocycles. The molecule has 1 unspecified atom stereocenters. The van der Waals surface area contributed by atoms with E-state index < -0.39 is 23.9 Å². The van der Waals surface area contributed by atoms with Crippen LogP contribution < -0.4 is 9.80 Å². The van der Waals surface area contributed by atoms with Crippen molar-refractivity contribution in [3.63, 3.8) is 0 Å². The third kappa shape index (κ3) is 2.64. The van der Waals surface area contributed by atoms with E-state index >= 15 is 0 Å². The number of imide groups is 1. The standard InChI is InChI=1S/C24H18N4O4S2/c1-9-11(3)33-23(25-9)27-19(29)13-5-7-15-18-16(8-6-14(17(13)18)20(27)30)22(32)28(21(15)31)24-26-10(2)12(4)34-24/h5-8,19,29H,1-4H3. The Kier molecular flexibility index (Phi) is 4.35. The van der Waals surface area contributed by atoms with Crippen LogP contribution in [0.4, 0.5) is 10.3 Å². The van der Waals surface area contributed by atoms with Gasteiger partial charge in [0.2, 0.25) is 0 Å². The second kappa shape index (κ2) is 7.02. The van der Waals surface area contributed by atoms with Gasteiger partial charge < -0.3 is 5.11 Å². The smallest absolute Gasteiger partial charge is 0.267 e. The van der Waals surface area contributed by atoms with Crippen molar-refractivity contribution in [2.75, 3.05) is 9.80 Å². The van der Waals surface area contributed by atoms with E-state index in [1.165, 1.54) is 27.6 Å². The summed E-state index contributed by atoms with van der Waals surface area (Å²) in [4.78, 5) is 53.5. The number of carbonyl (C=O) groups excluding carboxylic acids is 3. The third-order valence-corrected chi connectivity index (χ3v) is 8.59. The van der Waals surface area contributed by atoms with Crippen LogP contribution in [0.5, 0.6) is 0 Å². The van der Waals surface area contributed by atoms with Crippen LogP contribution in [-0.2, 0) is 0 Å². The van der Waals surface area contributed by atoms with E-state index in [9.17, 15) is 19.5 Å². The van der Waals surface area contributed by atoms with Gasteiger partial charge >= 0.3 is 0 Å². The highest BCUT2D eigenvalue weighted by Gasteiger charge is 2.42. The van der Waals surface area contributed by atoms with Gasteiger partial charge in [-0.15, -0.1) is 22.7 Å². The van der Waals surface area contributed by atoms with Gasteiger partial charge in [0.05, 0.1) is 11.4 Å². The first kappa shape index (κ1) is 21.1. The predicted octanol–water partition coefficient (Wildman–Crippen LogP) is 4.44. The predicted molar refractivity (Wildman–Crippen MR) is 130 cm³/mol. The molecule has 0 saturated carbocycles. The van der Waals surface area contributed by atoms with E-state index in [4.69, 9.17) is 0 Å². The molecule has 0 fully saturated rings. The van der Waals surface area contributed by atoms with E-state index in [1.54, 1.807) is 24.3 Å². The van der Waals surface area contributed by atoms with Gasteiger partial charge in [-0.3, -0.25) is 19.3 Å². The lowest BCUT2D eigenvalue weighted by Crippen LogP contribution is -2.42. The molecule has 1 atom stereocenters. The zero-order valence-corrected chi connectivity index (χ0v) is 20.3. The maximum Gasteiger partial charge on any atom is 0.267 e. The van der Waals surface area contributed by atoms with Crippen molar-refractivity contribution >= 4 is 61.4 Å². The number of nitrogens with zero attached hydrogens (tertiary/aromatic N) is 4. The number of amides is 3. The zero-order chi connectivity index (χ0) is 24.0. The van der Waals surface area contributed by atoms with Crippen LogP contribution in [0.25, 0.3) is 10.8 Å². The summed E-state index contributed by atoms with van der Waals surface area (Å²) in [5.41, 5.74) is 2.93. The number of thiazole rings is 2. The molecule has 6 rings (SSSR count). The Morgan fingerprint density at radius 3 is 1.76 bits per heavy atom. The first-order valence-corrected chi connectivity index (χ1v) is 12.2. The van der Waals surface area contributed by atoms with Gasteiger partial charge in [0.15, 0.2) is 16.5 Å². The van der Waals surface area contributed by atoms with Gasteiger partial charge in [-0.05, 0) is 45.9 Å². The van der Waals surface area contributed by atoms with E-state index in [0.29, 0.717) is 43.3 Å². The van der Waals surface area contributed by atoms with Gasteiger partial charge in [0.1, 0.15) is 0 Å². The molecule has 0 aliphatic carbocycles. The summed E-state index contributed by atoms with van der Waals surface area (Å²) in [7, 11) is 0. The van der Waals surface area contributed by atoms with Crippen molar-refractivity contribution in [1.29, 1.82) is 0 Å². The van der Waals surface area contributed by atoms with E-state index in [0.717, 1.165) is 26.0 Å². The second-order valence-corrected chi connectivity index (χ2v) is 10.7. The van der Waals surface area contributed by atoms with Crippen LogP contribution in [-0.4, -0.2) is 32.8 Å². The summed E-state index contributed by atoms with van der Waals surface area (Å²) in [6.45, 7) is 7.48. The first-order valence-electron chi connectivity index (χ1n) is 10.6. The topological polar surface area (TPSA) is 104 Å². The average Bonchev–Trinajstić information content (AvgIpc) is 3.30. The van der Waals surface area contributed by atoms with Crippen LogP contribution >= 0.6 is 22.7 Å². The highest BCUT2D eigenvalue weighted by molar-refractivity contribution is 7.16. The van der Waals surface area contributed by atoms with Crippen molar-refractivity contribution in [2.45, 2.75) is 33.9 Å². The Bertz CT molecular complexity index is 1540. The minimum absolute atomic E-state index is 0.301. The third-order valence-electron chi connectivity index (χ3n) is 6.46. The minimum Gasteiger partial charge on any atom is -0.369 e. The quantitative estimate of drug-likeness (QED) is 0.417. The number of carbonyl (C=O) groups is 3. The van der Waals surface area contributed by atoms with Gasteiger partial charge in [0.25, 0.3) is 17.7 Å². The largest absolute Gasteiger partial charge is 0.369 e. The SMILES string of the molecule is Cc1nc(N2C(=O)c3ccc4c5c(ccc(c35)C2=O)C(O)N(c2nc(C)c(C)s2)C4=O)sc1C. The lowest BCUT2D eigenvalue weighted by molar-refractivity contribution is 0.0865. The maximum absolute atomic E-state index is 13.5. The van der Waals surface area contributed by atoms with Crippen LogP contribution in [0.3, 0.4) is 0 Å². The number of benzene rings is 2. The molecular weight excluding hydrogens is 472 g/mol. The summed E-state index contributed by atoms with van der Waals surface area (Å²) in [5.74, 6) is -1.41. The molecule has 3 amide bonds. The molecule has 0 spiro atoms. The Morgan fingerprint density at radius 2 is 1.24 bits per heavy atom. The molecule has 8 nitrogen and oxygen atoms in total. The molecule has 170 valence electrons. The van der Waals surface area contributed by atoms with Gasteiger partial charge in [-0.1, -0.05) is 6.07 Å². The summed E-state index contributed by atoms with van der Waals surface area (Å²) in [6, 6.07) is 6.41. The highest BCUT2D eigenvalue weighted by atomic mass is 32.1. The molecule has 2 aliphatic rings. The summed E-state index contributed by atoms with van der Waals surface area (Å²) in [5, 5.41) is 12.8. The normalized spacial score (nSPS) is 17.3. The van der Waals surface area contributed by atoms with Crippen LogP contribution in [0, 0.1) is 27.7 Å². The fourth-order valence-corrected chi connectivity index (χ4v) is 6.30. The minimum atomic E-state index is -1.29. The first-order chi connectivity index (χ1) is 16.2. The van der Waals surface area contributed by atoms with E-state index in [1.807, 2.05) is 27.7 Å². The Morgan fingerprint density at radius 1 is 0.735 bits per heavy atom. The summed E-state index contributed by atoms with van der Waals surface area (Å²) >= 11 is 2.61. The molecule has 0 radical (unpaired) electrons. The van der Waals surface area contributed by atoms with Crippen molar-refractivity contribution in [2.24, 2.45) is 0 Å². The average molecular weight is 491 g/mol. The van der Waals surface area contributed by atoms with Crippen LogP contribution in [0.2, 0.25) is 0 Å². The van der Waals surface area contributed by atoms with Crippen molar-refractivity contribution in [3.8, 4) is 0 Å². The number of hydrogen-bond donors (Lipinski definition) is 1. The molecule has 0 saturated heterocycles. The number of rotatable bonds is 2. The lowest BCUT2D eigenvalue weighted by atomic mass is 9.86. The molecule has 2 aromatic heterocycles. The van der Waals surface area contributed by atoms with E-state index in [-0.39, 0.29) is 0 Å². The molecule has 10 heteroatoms. The number of aromatic nitrogens is 2. The number of aryl methyl sites for hydroxylation is 4. The maximum atomic E-state index is 13.5. The fraction of sp³-hybridized carbons (Fsp3) is 0.208. The number of aliphatic hydroxyl groups excluding tert-OH is 1. The Hall–Kier alpha value is -3.47. The molecule has 4 heterocycles. The summed E-state index contributed by atoms with van der Waals surface area (Å²) in [6.07, 6.45) is -1.29. The molecule has 2 aromatic carbocycles. The number of anilines is 2. The lowest BCUT2D eigenvalue weighted by Gasteiger charge is -2.34. The molecule has 34 heavy (non-hydrogen) atoms. The zero-order valence-electron chi connectivity index (χ0n) is 18.7. The molecule has 0 bridgehead atoms. The van der Waals surface area contributed by atoms with Crippen molar-refractivity contribution in [1.82, 2.24) is 9.97 Å². The van der Waals surface area contributed by atoms with Gasteiger partial charge in [-0.25, -0.2) is 14.9 Å². The molecular formula is C24H18N4O4S2. The Labute approximate surface area is 202 Å². The van der Waals surface area contributed by atoms with Crippen molar-refractivity contribution < 1.29 is 19.5 Å². The fourth-order valence-electron chi connectivity index (χ4n) is 4.46. The highest BCUT2D eigenvalue weighted by Crippen LogP contribution is 2.44. The van der Waals surface area contributed by atoms with Crippen LogP contribution in [0.1, 0.15) is 64.0 Å². The molecule has 1 N–H and O–H groups in total. The van der Waals surface area contributed by atoms with Gasteiger partial charge in [-0.2, -0.15) is 0 Å².